The van der Waals surface area contributed by atoms with Gasteiger partial charge in [-0.2, -0.15) is 4.31 Å². The van der Waals surface area contributed by atoms with Crippen molar-refractivity contribution in [3.8, 4) is 0 Å². The lowest BCUT2D eigenvalue weighted by atomic mass is 10.2. The molecule has 0 aliphatic heterocycles. The Kier molecular flexibility index (Phi) is 5.11. The third-order valence-electron chi connectivity index (χ3n) is 4.10. The van der Waals surface area contributed by atoms with Gasteiger partial charge in [-0.05, 0) is 36.4 Å². The molecular weight excluding hydrogens is 352 g/mol. The molecule has 0 spiro atoms. The van der Waals surface area contributed by atoms with Crippen LogP contribution in [0.25, 0.3) is 11.0 Å². The molecule has 136 valence electrons. The van der Waals surface area contributed by atoms with Gasteiger partial charge < -0.3 is 9.73 Å². The van der Waals surface area contributed by atoms with Gasteiger partial charge in [0.05, 0.1) is 4.90 Å². The van der Waals surface area contributed by atoms with Crippen LogP contribution in [0.1, 0.15) is 24.4 Å². The molecule has 0 radical (unpaired) electrons. The number of fused-ring (bicyclic) bond motifs is 1. The highest BCUT2D eigenvalue weighted by atomic mass is 32.2. The first kappa shape index (κ1) is 18.2. The molecule has 1 amide bonds. The van der Waals surface area contributed by atoms with E-state index in [-0.39, 0.29) is 16.6 Å². The second-order valence-electron chi connectivity index (χ2n) is 5.72. The van der Waals surface area contributed by atoms with E-state index in [0.29, 0.717) is 24.4 Å². The average Bonchev–Trinajstić information content (AvgIpc) is 3.07. The van der Waals surface area contributed by atoms with Gasteiger partial charge in [-0.15, -0.1) is 0 Å². The van der Waals surface area contributed by atoms with Crippen molar-refractivity contribution in [3.05, 3.63) is 60.4 Å². The van der Waals surface area contributed by atoms with Crippen molar-refractivity contribution in [2.75, 3.05) is 18.4 Å². The molecule has 2 aromatic carbocycles. The number of nitrogens with zero attached hydrogens (tertiary/aromatic N) is 1. The first-order valence-corrected chi connectivity index (χ1v) is 9.80. The molecule has 1 N–H and O–H groups in total. The zero-order valence-corrected chi connectivity index (χ0v) is 15.4. The van der Waals surface area contributed by atoms with Gasteiger partial charge in [0.2, 0.25) is 10.0 Å². The molecule has 0 unspecified atom stereocenters. The molecule has 0 bridgehead atoms. The van der Waals surface area contributed by atoms with Crippen molar-refractivity contribution >= 4 is 32.6 Å². The van der Waals surface area contributed by atoms with Crippen molar-refractivity contribution in [1.82, 2.24) is 4.31 Å². The van der Waals surface area contributed by atoms with Gasteiger partial charge in [-0.25, -0.2) is 8.42 Å². The van der Waals surface area contributed by atoms with E-state index in [1.165, 1.54) is 16.4 Å². The van der Waals surface area contributed by atoms with Crippen LogP contribution in [0.3, 0.4) is 0 Å². The standard InChI is InChI=1S/C19H20N2O4S/c1-3-21(4-2)26(23,24)16-11-9-15(10-12-16)20-19(22)18-13-14-7-5-6-8-17(14)25-18/h5-13H,3-4H2,1-2H3,(H,20,22). The van der Waals surface area contributed by atoms with Gasteiger partial charge in [0.25, 0.3) is 5.91 Å². The van der Waals surface area contributed by atoms with E-state index in [2.05, 4.69) is 5.32 Å². The summed E-state index contributed by atoms with van der Waals surface area (Å²) in [5.74, 6) is -0.188. The van der Waals surface area contributed by atoms with Crippen LogP contribution in [0.5, 0.6) is 0 Å². The number of hydrogen-bond acceptors (Lipinski definition) is 4. The maximum Gasteiger partial charge on any atom is 0.291 e. The summed E-state index contributed by atoms with van der Waals surface area (Å²) in [5, 5.41) is 3.56. The molecule has 3 aromatic rings. The summed E-state index contributed by atoms with van der Waals surface area (Å²) in [6, 6.07) is 15.1. The summed E-state index contributed by atoms with van der Waals surface area (Å²) >= 11 is 0. The van der Waals surface area contributed by atoms with Crippen LogP contribution in [0.2, 0.25) is 0 Å². The molecule has 1 heterocycles. The lowest BCUT2D eigenvalue weighted by Crippen LogP contribution is -2.30. The van der Waals surface area contributed by atoms with Crippen LogP contribution in [-0.4, -0.2) is 31.7 Å². The van der Waals surface area contributed by atoms with Gasteiger partial charge in [-0.3, -0.25) is 4.79 Å². The number of para-hydroxylation sites is 1. The van der Waals surface area contributed by atoms with E-state index in [1.54, 1.807) is 38.1 Å². The van der Waals surface area contributed by atoms with E-state index in [9.17, 15) is 13.2 Å². The zero-order valence-electron chi connectivity index (χ0n) is 14.6. The Morgan fingerprint density at radius 1 is 1.04 bits per heavy atom. The molecule has 0 saturated heterocycles. The van der Waals surface area contributed by atoms with Crippen LogP contribution in [0.4, 0.5) is 5.69 Å². The monoisotopic (exact) mass is 372 g/mol. The fraction of sp³-hybridized carbons (Fsp3) is 0.211. The number of carbonyl (C=O) groups excluding carboxylic acids is 1. The Balaban J connectivity index is 1.77. The number of nitrogens with one attached hydrogen (secondary N) is 1. The fourth-order valence-corrected chi connectivity index (χ4v) is 4.17. The summed E-state index contributed by atoms with van der Waals surface area (Å²) < 4.78 is 31.9. The largest absolute Gasteiger partial charge is 0.451 e. The normalized spacial score (nSPS) is 11.8. The van der Waals surface area contributed by atoms with Crippen LogP contribution in [-0.2, 0) is 10.0 Å². The number of furan rings is 1. The molecule has 0 atom stereocenters. The summed E-state index contributed by atoms with van der Waals surface area (Å²) in [4.78, 5) is 12.5. The lowest BCUT2D eigenvalue weighted by Gasteiger charge is -2.18. The summed E-state index contributed by atoms with van der Waals surface area (Å²) in [5.41, 5.74) is 1.13. The first-order chi connectivity index (χ1) is 12.5. The van der Waals surface area contributed by atoms with E-state index in [1.807, 2.05) is 18.2 Å². The van der Waals surface area contributed by atoms with Gasteiger partial charge in [0.1, 0.15) is 5.58 Å². The maximum absolute atomic E-state index is 12.5. The molecule has 0 fully saturated rings. The highest BCUT2D eigenvalue weighted by Crippen LogP contribution is 2.21. The summed E-state index contributed by atoms with van der Waals surface area (Å²) in [6.45, 7) is 4.40. The van der Waals surface area contributed by atoms with Crippen molar-refractivity contribution in [2.45, 2.75) is 18.7 Å². The summed E-state index contributed by atoms with van der Waals surface area (Å²) in [7, 11) is -3.51. The predicted molar refractivity (Wildman–Crippen MR) is 101 cm³/mol. The number of benzene rings is 2. The van der Waals surface area contributed by atoms with Crippen molar-refractivity contribution < 1.29 is 17.6 Å². The second-order valence-corrected chi connectivity index (χ2v) is 7.65. The van der Waals surface area contributed by atoms with Crippen molar-refractivity contribution in [2.24, 2.45) is 0 Å². The quantitative estimate of drug-likeness (QED) is 0.715. The van der Waals surface area contributed by atoms with Gasteiger partial charge in [0.15, 0.2) is 5.76 Å². The number of hydrogen-bond donors (Lipinski definition) is 1. The highest BCUT2D eigenvalue weighted by molar-refractivity contribution is 7.89. The minimum absolute atomic E-state index is 0.197. The van der Waals surface area contributed by atoms with E-state index >= 15 is 0 Å². The van der Waals surface area contributed by atoms with Gasteiger partial charge >= 0.3 is 0 Å². The maximum atomic E-state index is 12.5. The molecule has 7 heteroatoms. The Bertz CT molecular complexity index is 986. The number of anilines is 1. The molecule has 0 aliphatic rings. The molecule has 3 rings (SSSR count). The van der Waals surface area contributed by atoms with E-state index in [0.717, 1.165) is 5.39 Å². The second kappa shape index (κ2) is 7.31. The van der Waals surface area contributed by atoms with Gasteiger partial charge in [-0.1, -0.05) is 32.0 Å². The fourth-order valence-electron chi connectivity index (χ4n) is 2.71. The van der Waals surface area contributed by atoms with Crippen molar-refractivity contribution in [3.63, 3.8) is 0 Å². The lowest BCUT2D eigenvalue weighted by molar-refractivity contribution is 0.0998. The Hall–Kier alpha value is -2.64. The third kappa shape index (κ3) is 3.49. The molecule has 0 aliphatic carbocycles. The van der Waals surface area contributed by atoms with Crippen LogP contribution in [0, 0.1) is 0 Å². The number of rotatable bonds is 6. The molecule has 0 saturated carbocycles. The number of sulfonamides is 1. The number of amides is 1. The smallest absolute Gasteiger partial charge is 0.291 e. The third-order valence-corrected chi connectivity index (χ3v) is 6.17. The SMILES string of the molecule is CCN(CC)S(=O)(=O)c1ccc(NC(=O)c2cc3ccccc3o2)cc1. The van der Waals surface area contributed by atoms with Gasteiger partial charge in [0, 0.05) is 24.2 Å². The summed E-state index contributed by atoms with van der Waals surface area (Å²) in [6.07, 6.45) is 0. The minimum Gasteiger partial charge on any atom is -0.451 e. The first-order valence-electron chi connectivity index (χ1n) is 8.36. The predicted octanol–water partition coefficient (Wildman–Crippen LogP) is 3.72. The van der Waals surface area contributed by atoms with E-state index < -0.39 is 10.0 Å². The molecule has 6 nitrogen and oxygen atoms in total. The van der Waals surface area contributed by atoms with Crippen molar-refractivity contribution in [1.29, 1.82) is 0 Å². The number of carbonyl (C=O) groups is 1. The van der Waals surface area contributed by atoms with Crippen LogP contribution < -0.4 is 5.32 Å². The molecule has 26 heavy (non-hydrogen) atoms. The zero-order chi connectivity index (χ0) is 18.7. The Labute approximate surface area is 152 Å². The molecular formula is C19H20N2O4S. The Morgan fingerprint density at radius 3 is 2.31 bits per heavy atom. The molecule has 1 aromatic heterocycles. The van der Waals surface area contributed by atoms with E-state index in [4.69, 9.17) is 4.42 Å². The topological polar surface area (TPSA) is 79.6 Å². The Morgan fingerprint density at radius 2 is 1.69 bits per heavy atom. The minimum atomic E-state index is -3.51. The van der Waals surface area contributed by atoms with Crippen LogP contribution in [0.15, 0.2) is 63.9 Å². The van der Waals surface area contributed by atoms with Crippen LogP contribution >= 0.6 is 0 Å². The average molecular weight is 372 g/mol. The highest BCUT2D eigenvalue weighted by Gasteiger charge is 2.21.